The van der Waals surface area contributed by atoms with Gasteiger partial charge >= 0.3 is 5.97 Å². The second-order valence-corrected chi connectivity index (χ2v) is 6.67. The number of sulfonamides is 1. The number of carbonyl (C=O) groups is 1. The molecule has 1 aromatic rings. The third-order valence-corrected chi connectivity index (χ3v) is 4.91. The highest BCUT2D eigenvalue weighted by atomic mass is 35.5. The highest BCUT2D eigenvalue weighted by Crippen LogP contribution is 2.25. The van der Waals surface area contributed by atoms with Crippen LogP contribution in [0.15, 0.2) is 23.1 Å². The van der Waals surface area contributed by atoms with E-state index in [2.05, 4.69) is 0 Å². The molecule has 1 unspecified atom stereocenters. The van der Waals surface area contributed by atoms with Crippen LogP contribution in [0.5, 0.6) is 0 Å². The van der Waals surface area contributed by atoms with Crippen molar-refractivity contribution in [1.29, 1.82) is 5.26 Å². The van der Waals surface area contributed by atoms with Gasteiger partial charge in [0.1, 0.15) is 11.0 Å². The number of nitriles is 1. The standard InChI is InChI=1S/C12H13ClN2O4S/c1-8(12(16)17)7-15(2)20(18,19)11-5-3-4-10(13)9(11)6-14/h3-5,8H,7H2,1-2H3,(H,16,17). The molecular formula is C12H13ClN2O4S. The minimum absolute atomic E-state index is 0.0354. The van der Waals surface area contributed by atoms with Crippen molar-refractivity contribution < 1.29 is 18.3 Å². The fourth-order valence-corrected chi connectivity index (χ4v) is 3.25. The Morgan fingerprint density at radius 2 is 2.15 bits per heavy atom. The van der Waals surface area contributed by atoms with E-state index >= 15 is 0 Å². The van der Waals surface area contributed by atoms with Crippen LogP contribution in [0.4, 0.5) is 0 Å². The highest BCUT2D eigenvalue weighted by Gasteiger charge is 2.27. The fourth-order valence-electron chi connectivity index (χ4n) is 1.56. The van der Waals surface area contributed by atoms with Crippen LogP contribution in [0, 0.1) is 17.2 Å². The molecule has 0 radical (unpaired) electrons. The lowest BCUT2D eigenvalue weighted by Crippen LogP contribution is -2.34. The third-order valence-electron chi connectivity index (χ3n) is 2.73. The van der Waals surface area contributed by atoms with Crippen molar-refractivity contribution >= 4 is 27.6 Å². The van der Waals surface area contributed by atoms with Crippen LogP contribution in [0.25, 0.3) is 0 Å². The third kappa shape index (κ3) is 3.28. The van der Waals surface area contributed by atoms with Crippen LogP contribution >= 0.6 is 11.6 Å². The Morgan fingerprint density at radius 1 is 1.55 bits per heavy atom. The zero-order valence-electron chi connectivity index (χ0n) is 10.9. The molecule has 1 rings (SSSR count). The number of carboxylic acid groups (broad SMARTS) is 1. The Morgan fingerprint density at radius 3 is 2.65 bits per heavy atom. The largest absolute Gasteiger partial charge is 0.481 e. The molecule has 1 atom stereocenters. The average molecular weight is 317 g/mol. The molecule has 1 aromatic carbocycles. The normalized spacial score (nSPS) is 12.9. The van der Waals surface area contributed by atoms with E-state index in [-0.39, 0.29) is 22.0 Å². The Kier molecular flexibility index (Phi) is 5.11. The smallest absolute Gasteiger partial charge is 0.307 e. The van der Waals surface area contributed by atoms with Gasteiger partial charge in [0, 0.05) is 13.6 Å². The SMILES string of the molecule is CC(CN(C)S(=O)(=O)c1cccc(Cl)c1C#N)C(=O)O. The topological polar surface area (TPSA) is 98.5 Å². The molecule has 6 nitrogen and oxygen atoms in total. The first-order valence-electron chi connectivity index (χ1n) is 5.59. The summed E-state index contributed by atoms with van der Waals surface area (Å²) in [4.78, 5) is 10.6. The Balaban J connectivity index is 3.22. The van der Waals surface area contributed by atoms with Crippen LogP contribution < -0.4 is 0 Å². The molecule has 0 aliphatic carbocycles. The van der Waals surface area contributed by atoms with Crippen molar-refractivity contribution in [2.75, 3.05) is 13.6 Å². The van der Waals surface area contributed by atoms with Gasteiger partial charge in [0.05, 0.1) is 16.5 Å². The number of carboxylic acids is 1. The van der Waals surface area contributed by atoms with E-state index in [1.807, 2.05) is 0 Å². The summed E-state index contributed by atoms with van der Waals surface area (Å²) in [5, 5.41) is 17.9. The predicted octanol–water partition coefficient (Wildman–Crippen LogP) is 1.55. The monoisotopic (exact) mass is 316 g/mol. The predicted molar refractivity (Wildman–Crippen MR) is 72.8 cm³/mol. The van der Waals surface area contributed by atoms with Gasteiger partial charge in [0.25, 0.3) is 0 Å². The van der Waals surface area contributed by atoms with Gasteiger partial charge in [-0.1, -0.05) is 24.6 Å². The maximum Gasteiger partial charge on any atom is 0.307 e. The molecule has 8 heteroatoms. The number of hydrogen-bond donors (Lipinski definition) is 1. The second kappa shape index (κ2) is 6.22. The first-order chi connectivity index (χ1) is 9.21. The zero-order chi connectivity index (χ0) is 15.5. The molecule has 1 N–H and O–H groups in total. The number of hydrogen-bond acceptors (Lipinski definition) is 4. The quantitative estimate of drug-likeness (QED) is 0.888. The Labute approximate surface area is 122 Å². The van der Waals surface area contributed by atoms with E-state index in [1.54, 1.807) is 6.07 Å². The van der Waals surface area contributed by atoms with Gasteiger partial charge in [-0.3, -0.25) is 4.79 Å². The van der Waals surface area contributed by atoms with Gasteiger partial charge in [0.2, 0.25) is 10.0 Å². The summed E-state index contributed by atoms with van der Waals surface area (Å²) in [7, 11) is -2.71. The van der Waals surface area contributed by atoms with Crippen molar-refractivity contribution in [2.24, 2.45) is 5.92 Å². The molecule has 0 aliphatic rings. The first kappa shape index (κ1) is 16.4. The summed E-state index contributed by atoms with van der Waals surface area (Å²) in [5.41, 5.74) is -0.149. The van der Waals surface area contributed by atoms with Crippen LogP contribution in [-0.2, 0) is 14.8 Å². The van der Waals surface area contributed by atoms with Crippen molar-refractivity contribution in [3.05, 3.63) is 28.8 Å². The van der Waals surface area contributed by atoms with Crippen molar-refractivity contribution in [3.8, 4) is 6.07 Å². The molecule has 0 amide bonds. The molecule has 0 aromatic heterocycles. The molecule has 0 aliphatic heterocycles. The second-order valence-electron chi connectivity index (χ2n) is 4.25. The number of aliphatic carboxylic acids is 1. The van der Waals surface area contributed by atoms with Gasteiger partial charge in [0.15, 0.2) is 0 Å². The lowest BCUT2D eigenvalue weighted by Gasteiger charge is -2.20. The molecule has 20 heavy (non-hydrogen) atoms. The molecular weight excluding hydrogens is 304 g/mol. The first-order valence-corrected chi connectivity index (χ1v) is 7.41. The maximum absolute atomic E-state index is 12.3. The van der Waals surface area contributed by atoms with Crippen LogP contribution in [0.3, 0.4) is 0 Å². The summed E-state index contributed by atoms with van der Waals surface area (Å²) in [6, 6.07) is 5.85. The summed E-state index contributed by atoms with van der Waals surface area (Å²) in [6.45, 7) is 1.20. The molecule has 0 heterocycles. The molecule has 0 spiro atoms. The van der Waals surface area contributed by atoms with Crippen LogP contribution in [0.2, 0.25) is 5.02 Å². The van der Waals surface area contributed by atoms with Crippen LogP contribution in [-0.4, -0.2) is 37.4 Å². The van der Waals surface area contributed by atoms with E-state index in [9.17, 15) is 13.2 Å². The van der Waals surface area contributed by atoms with E-state index < -0.39 is 21.9 Å². The van der Waals surface area contributed by atoms with Gasteiger partial charge in [-0.25, -0.2) is 12.7 Å². The Hall–Kier alpha value is -1.62. The summed E-state index contributed by atoms with van der Waals surface area (Å²) in [5.74, 6) is -1.96. The lowest BCUT2D eigenvalue weighted by molar-refractivity contribution is -0.141. The summed E-state index contributed by atoms with van der Waals surface area (Å²) < 4.78 is 25.6. The zero-order valence-corrected chi connectivity index (χ0v) is 12.4. The van der Waals surface area contributed by atoms with E-state index in [1.165, 1.54) is 32.2 Å². The van der Waals surface area contributed by atoms with Crippen molar-refractivity contribution in [2.45, 2.75) is 11.8 Å². The van der Waals surface area contributed by atoms with Crippen molar-refractivity contribution in [3.63, 3.8) is 0 Å². The van der Waals surface area contributed by atoms with Gasteiger partial charge in [-0.2, -0.15) is 5.26 Å². The summed E-state index contributed by atoms with van der Waals surface area (Å²) in [6.07, 6.45) is 0. The Bertz CT molecular complexity index is 667. The van der Waals surface area contributed by atoms with Crippen molar-refractivity contribution in [1.82, 2.24) is 4.31 Å². The minimum Gasteiger partial charge on any atom is -0.481 e. The molecule has 108 valence electrons. The van der Waals surface area contributed by atoms with Gasteiger partial charge in [-0.15, -0.1) is 0 Å². The van der Waals surface area contributed by atoms with E-state index in [0.717, 1.165) is 4.31 Å². The fraction of sp³-hybridized carbons (Fsp3) is 0.333. The van der Waals surface area contributed by atoms with Crippen LogP contribution in [0.1, 0.15) is 12.5 Å². The van der Waals surface area contributed by atoms with Gasteiger partial charge < -0.3 is 5.11 Å². The molecule has 0 bridgehead atoms. The maximum atomic E-state index is 12.3. The number of nitrogens with zero attached hydrogens (tertiary/aromatic N) is 2. The molecule has 0 saturated heterocycles. The number of benzene rings is 1. The van der Waals surface area contributed by atoms with E-state index in [4.69, 9.17) is 22.0 Å². The minimum atomic E-state index is -3.97. The average Bonchev–Trinajstić information content (AvgIpc) is 2.37. The lowest BCUT2D eigenvalue weighted by atomic mass is 10.2. The molecule has 0 fully saturated rings. The molecule has 0 saturated carbocycles. The number of rotatable bonds is 5. The van der Waals surface area contributed by atoms with Gasteiger partial charge in [-0.05, 0) is 12.1 Å². The number of halogens is 1. The highest BCUT2D eigenvalue weighted by molar-refractivity contribution is 7.89. The summed E-state index contributed by atoms with van der Waals surface area (Å²) >= 11 is 5.80. The van der Waals surface area contributed by atoms with E-state index in [0.29, 0.717) is 0 Å².